The largest absolute Gasteiger partial charge is 0.497 e. The molecule has 0 bridgehead atoms. The summed E-state index contributed by atoms with van der Waals surface area (Å²) in [6.07, 6.45) is 1.80. The monoisotopic (exact) mass is 489 g/mol. The van der Waals surface area contributed by atoms with Crippen LogP contribution < -0.4 is 14.4 Å². The van der Waals surface area contributed by atoms with Crippen molar-refractivity contribution in [3.8, 4) is 5.75 Å². The number of hydrogen-bond acceptors (Lipinski definition) is 5. The predicted molar refractivity (Wildman–Crippen MR) is 134 cm³/mol. The lowest BCUT2D eigenvalue weighted by molar-refractivity contribution is -0.139. The molecule has 0 fully saturated rings. The Morgan fingerprint density at radius 2 is 1.76 bits per heavy atom. The van der Waals surface area contributed by atoms with Gasteiger partial charge in [0.25, 0.3) is 0 Å². The number of nitrogens with one attached hydrogen (secondary N) is 1. The number of ether oxygens (including phenoxy) is 1. The lowest BCUT2D eigenvalue weighted by Crippen LogP contribution is -2.52. The van der Waals surface area contributed by atoms with E-state index < -0.39 is 28.5 Å². The van der Waals surface area contributed by atoms with Crippen molar-refractivity contribution in [1.29, 1.82) is 0 Å². The van der Waals surface area contributed by atoms with Gasteiger partial charge in [0.2, 0.25) is 21.8 Å². The Morgan fingerprint density at radius 3 is 2.35 bits per heavy atom. The summed E-state index contributed by atoms with van der Waals surface area (Å²) in [5.74, 6) is -0.302. The molecule has 2 rings (SSSR count). The molecule has 0 spiro atoms. The number of anilines is 1. The average Bonchev–Trinajstić information content (AvgIpc) is 2.80. The van der Waals surface area contributed by atoms with Gasteiger partial charge in [0.05, 0.1) is 19.1 Å². The molecular formula is C25H35N3O5S. The summed E-state index contributed by atoms with van der Waals surface area (Å²) in [4.78, 5) is 27.9. The fourth-order valence-electron chi connectivity index (χ4n) is 3.40. The summed E-state index contributed by atoms with van der Waals surface area (Å²) in [5, 5.41) is 2.91. The molecule has 0 aromatic heterocycles. The highest BCUT2D eigenvalue weighted by molar-refractivity contribution is 7.92. The molecule has 0 saturated carbocycles. The zero-order chi connectivity index (χ0) is 25.5. The van der Waals surface area contributed by atoms with Gasteiger partial charge in [0, 0.05) is 18.7 Å². The molecule has 9 heteroatoms. The van der Waals surface area contributed by atoms with Gasteiger partial charge in [-0.05, 0) is 50.5 Å². The maximum atomic E-state index is 13.6. The predicted octanol–water partition coefficient (Wildman–Crippen LogP) is 3.10. The number of sulfonamides is 1. The standard InChI is InChI=1S/C25H35N3O5S/c1-7-19(3)26-25(30)20(4)27(16-21-12-9-8-11-18(21)2)24(29)17-28(34(6,31)32)22-13-10-14-23(15-22)33-5/h8-15,19-20H,7,16-17H2,1-6H3,(H,26,30)/t19-,20-/m1/s1. The second-order valence-corrected chi connectivity index (χ2v) is 10.3. The zero-order valence-electron chi connectivity index (χ0n) is 20.7. The second kappa shape index (κ2) is 11.9. The minimum absolute atomic E-state index is 0.0466. The van der Waals surface area contributed by atoms with E-state index in [0.717, 1.165) is 28.1 Å². The number of carbonyl (C=O) groups is 2. The van der Waals surface area contributed by atoms with Crippen molar-refractivity contribution in [3.05, 3.63) is 59.7 Å². The number of amides is 2. The Balaban J connectivity index is 2.41. The van der Waals surface area contributed by atoms with Gasteiger partial charge in [-0.3, -0.25) is 13.9 Å². The summed E-state index contributed by atoms with van der Waals surface area (Å²) >= 11 is 0. The van der Waals surface area contributed by atoms with Crippen LogP contribution in [-0.4, -0.2) is 57.1 Å². The van der Waals surface area contributed by atoms with Crippen LogP contribution in [0.3, 0.4) is 0 Å². The third kappa shape index (κ3) is 7.21. The number of benzene rings is 2. The van der Waals surface area contributed by atoms with Crippen molar-refractivity contribution >= 4 is 27.5 Å². The fourth-order valence-corrected chi connectivity index (χ4v) is 4.24. The molecule has 1 N–H and O–H groups in total. The first kappa shape index (κ1) is 27.2. The molecule has 2 aromatic carbocycles. The van der Waals surface area contributed by atoms with Gasteiger partial charge >= 0.3 is 0 Å². The van der Waals surface area contributed by atoms with Gasteiger partial charge in [0.15, 0.2) is 0 Å². The molecule has 0 radical (unpaired) electrons. The number of methoxy groups -OCH3 is 1. The Morgan fingerprint density at radius 1 is 1.09 bits per heavy atom. The normalized spacial score (nSPS) is 13.0. The van der Waals surface area contributed by atoms with Crippen LogP contribution >= 0.6 is 0 Å². The fraction of sp³-hybridized carbons (Fsp3) is 0.440. The number of hydrogen-bond donors (Lipinski definition) is 1. The van der Waals surface area contributed by atoms with E-state index in [1.54, 1.807) is 31.2 Å². The lowest BCUT2D eigenvalue weighted by Gasteiger charge is -2.32. The lowest BCUT2D eigenvalue weighted by atomic mass is 10.1. The molecule has 2 amide bonds. The minimum atomic E-state index is -3.79. The molecule has 0 aliphatic carbocycles. The van der Waals surface area contributed by atoms with E-state index in [4.69, 9.17) is 4.74 Å². The van der Waals surface area contributed by atoms with Crippen molar-refractivity contribution in [2.24, 2.45) is 0 Å². The van der Waals surface area contributed by atoms with Crippen LogP contribution in [0.1, 0.15) is 38.3 Å². The zero-order valence-corrected chi connectivity index (χ0v) is 21.6. The smallest absolute Gasteiger partial charge is 0.244 e. The Kier molecular flexibility index (Phi) is 9.49. The molecule has 0 saturated heterocycles. The SMILES string of the molecule is CC[C@@H](C)NC(=O)[C@@H](C)N(Cc1ccccc1C)C(=O)CN(c1cccc(OC)c1)S(C)(=O)=O. The van der Waals surface area contributed by atoms with Crippen molar-refractivity contribution in [1.82, 2.24) is 10.2 Å². The van der Waals surface area contributed by atoms with Gasteiger partial charge < -0.3 is 15.0 Å². The van der Waals surface area contributed by atoms with Crippen LogP contribution in [0.25, 0.3) is 0 Å². The second-order valence-electron chi connectivity index (χ2n) is 8.41. The quantitative estimate of drug-likeness (QED) is 0.523. The molecule has 2 aromatic rings. The number of aryl methyl sites for hydroxylation is 1. The Bertz CT molecular complexity index is 1100. The first-order chi connectivity index (χ1) is 16.0. The summed E-state index contributed by atoms with van der Waals surface area (Å²) in [6, 6.07) is 13.3. The third-order valence-corrected chi connectivity index (χ3v) is 6.93. The number of carbonyl (C=O) groups excluding carboxylic acids is 2. The number of rotatable bonds is 11. The summed E-state index contributed by atoms with van der Waals surface area (Å²) in [5.41, 5.74) is 2.16. The molecule has 0 aliphatic heterocycles. The highest BCUT2D eigenvalue weighted by Crippen LogP contribution is 2.24. The van der Waals surface area contributed by atoms with Gasteiger partial charge in [0.1, 0.15) is 18.3 Å². The van der Waals surface area contributed by atoms with Crippen LogP contribution in [0.15, 0.2) is 48.5 Å². The van der Waals surface area contributed by atoms with E-state index in [9.17, 15) is 18.0 Å². The van der Waals surface area contributed by atoms with Crippen molar-refractivity contribution in [2.75, 3.05) is 24.2 Å². The van der Waals surface area contributed by atoms with Crippen LogP contribution in [-0.2, 0) is 26.2 Å². The summed E-state index contributed by atoms with van der Waals surface area (Å²) < 4.78 is 31.5. The molecule has 0 unspecified atom stereocenters. The maximum Gasteiger partial charge on any atom is 0.244 e. The van der Waals surface area contributed by atoms with E-state index in [2.05, 4.69) is 5.32 Å². The molecule has 186 valence electrons. The first-order valence-corrected chi connectivity index (χ1v) is 13.1. The molecular weight excluding hydrogens is 454 g/mol. The minimum Gasteiger partial charge on any atom is -0.497 e. The Hall–Kier alpha value is -3.07. The van der Waals surface area contributed by atoms with Gasteiger partial charge in [-0.25, -0.2) is 8.42 Å². The average molecular weight is 490 g/mol. The van der Waals surface area contributed by atoms with Crippen LogP contribution in [0, 0.1) is 6.92 Å². The summed E-state index contributed by atoms with van der Waals surface area (Å²) in [6.45, 7) is 7.18. The van der Waals surface area contributed by atoms with Crippen LogP contribution in [0.4, 0.5) is 5.69 Å². The third-order valence-electron chi connectivity index (χ3n) is 5.79. The van der Waals surface area contributed by atoms with Crippen molar-refractivity contribution in [3.63, 3.8) is 0 Å². The van der Waals surface area contributed by atoms with E-state index in [0.29, 0.717) is 11.4 Å². The number of nitrogens with zero attached hydrogens (tertiary/aromatic N) is 2. The van der Waals surface area contributed by atoms with Gasteiger partial charge in [-0.15, -0.1) is 0 Å². The summed E-state index contributed by atoms with van der Waals surface area (Å²) in [7, 11) is -2.31. The molecule has 2 atom stereocenters. The highest BCUT2D eigenvalue weighted by atomic mass is 32.2. The Labute approximate surface area is 202 Å². The molecule has 0 heterocycles. The van der Waals surface area contributed by atoms with Crippen molar-refractivity contribution in [2.45, 2.75) is 52.7 Å². The van der Waals surface area contributed by atoms with E-state index in [-0.39, 0.29) is 18.5 Å². The highest BCUT2D eigenvalue weighted by Gasteiger charge is 2.30. The van der Waals surface area contributed by atoms with E-state index in [1.807, 2.05) is 45.0 Å². The molecule has 8 nitrogen and oxygen atoms in total. The van der Waals surface area contributed by atoms with Gasteiger partial charge in [-0.2, -0.15) is 0 Å². The topological polar surface area (TPSA) is 96.0 Å². The molecule has 0 aliphatic rings. The maximum absolute atomic E-state index is 13.6. The van der Waals surface area contributed by atoms with E-state index >= 15 is 0 Å². The van der Waals surface area contributed by atoms with Gasteiger partial charge in [-0.1, -0.05) is 37.3 Å². The van der Waals surface area contributed by atoms with Crippen LogP contribution in [0.2, 0.25) is 0 Å². The van der Waals surface area contributed by atoms with Crippen LogP contribution in [0.5, 0.6) is 5.75 Å². The first-order valence-electron chi connectivity index (χ1n) is 11.2. The van der Waals surface area contributed by atoms with Crippen molar-refractivity contribution < 1.29 is 22.7 Å². The van der Waals surface area contributed by atoms with E-state index in [1.165, 1.54) is 12.0 Å². The molecule has 34 heavy (non-hydrogen) atoms.